The Morgan fingerprint density at radius 1 is 0.455 bits per heavy atom. The first kappa shape index (κ1) is 99.4. The molecule has 28 nitrogen and oxygen atoms in total. The Labute approximate surface area is 791 Å². The Kier molecular flexibility index (Phi) is 31.5. The zero-order valence-electron chi connectivity index (χ0n) is 78.4. The number of nitrogens with one attached hydrogen (secondary N) is 3. The molecule has 0 radical (unpaired) electrons. The third kappa shape index (κ3) is 21.8. The van der Waals surface area contributed by atoms with E-state index in [2.05, 4.69) is 129 Å². The van der Waals surface area contributed by atoms with Crippen LogP contribution < -0.4 is 43.6 Å². The number of nitrogens with zero attached hydrogens (tertiary/aromatic N) is 18. The number of aromatic nitrogens is 9. The third-order valence-electron chi connectivity index (χ3n) is 27.6. The molecule has 0 bridgehead atoms. The van der Waals surface area contributed by atoms with Crippen molar-refractivity contribution in [1.82, 2.24) is 74.3 Å². The molecule has 0 saturated carbocycles. The summed E-state index contributed by atoms with van der Waals surface area (Å²) in [6, 6.07) is 13.7. The van der Waals surface area contributed by atoms with E-state index in [1.54, 1.807) is 44.9 Å². The lowest BCUT2D eigenvalue weighted by Crippen LogP contribution is -2.49. The number of alkyl halides is 4. The average molecular weight is 1880 g/mol. The van der Waals surface area contributed by atoms with Gasteiger partial charge < -0.3 is 78.0 Å². The van der Waals surface area contributed by atoms with Crippen LogP contribution >= 0.6 is 40.5 Å². The largest absolute Gasteiger partial charge is 0.462 e. The second-order valence-corrected chi connectivity index (χ2v) is 37.3. The lowest BCUT2D eigenvalue weighted by atomic mass is 9.99. The molecule has 9 aliphatic rings. The minimum Gasteiger partial charge on any atom is -0.462 e. The van der Waals surface area contributed by atoms with Crippen LogP contribution in [0.3, 0.4) is 0 Å². The van der Waals surface area contributed by atoms with Crippen molar-refractivity contribution < 1.29 is 55.3 Å². The summed E-state index contributed by atoms with van der Waals surface area (Å²) in [5, 5.41) is 3.58. The van der Waals surface area contributed by atoms with Gasteiger partial charge in [-0.3, -0.25) is 29.1 Å². The van der Waals surface area contributed by atoms with Crippen LogP contribution in [0.15, 0.2) is 91.7 Å². The SMILES string of the molecule is C=C(F)C(=O)N1CCN(c2nc(OC[C@@H]3CC(C)(F)CN3C)nc3c2CCN(c2c(C)c(C)cc4[nH]ccc24)C3)CC1.COC/C=C/C(=O)N1CCN(c2nc(OC[C@@H]3CC(C)(F)CN3C)nc3c2CCN(c2c(C)c(C)cc4[nH]ccc24)C3)CC1.Cc1cc2[nH]ccc2c(N2CCc3c(nc(OC[C@@H]4CC(C)(F)CN4C)nc3N3CCN(C(=O)/C=C/CF)CC3)C2)c1C.S.S.S. The fourth-order valence-corrected chi connectivity index (χ4v) is 20.5. The van der Waals surface area contributed by atoms with E-state index in [0.717, 1.165) is 107 Å². The van der Waals surface area contributed by atoms with Gasteiger partial charge >= 0.3 is 18.0 Å². The fourth-order valence-electron chi connectivity index (χ4n) is 20.5. The number of aryl methyl sites for hydroxylation is 3. The number of anilines is 6. The van der Waals surface area contributed by atoms with Crippen LogP contribution in [-0.4, -0.2) is 306 Å². The van der Waals surface area contributed by atoms with Gasteiger partial charge in [0, 0.05) is 260 Å². The number of carbonyl (C=O) groups is 3. The number of allylic oxidation sites excluding steroid dienone is 1. The minimum absolute atomic E-state index is 0. The van der Waals surface area contributed by atoms with Crippen LogP contribution in [0.5, 0.6) is 18.0 Å². The highest BCUT2D eigenvalue weighted by atomic mass is 32.1. The molecule has 3 aromatic carbocycles. The molecular formula is C96H130F5N21O7S3. The molecule has 36 heteroatoms. The van der Waals surface area contributed by atoms with Gasteiger partial charge in [0.05, 0.1) is 43.3 Å². The first-order chi connectivity index (χ1) is 61.8. The topological polar surface area (TPSA) is 252 Å². The molecule has 6 atom stereocenters. The minimum atomic E-state index is -1.25. The number of hydrogen-bond donors (Lipinski definition) is 3. The quantitative estimate of drug-likeness (QED) is 0.0446. The van der Waals surface area contributed by atoms with Crippen LogP contribution in [0, 0.1) is 41.5 Å². The highest BCUT2D eigenvalue weighted by Crippen LogP contribution is 2.44. The van der Waals surface area contributed by atoms with Crippen LogP contribution in [-0.2, 0) is 58.0 Å². The van der Waals surface area contributed by atoms with Crippen molar-refractivity contribution in [3.63, 3.8) is 0 Å². The lowest BCUT2D eigenvalue weighted by molar-refractivity contribution is -0.129. The molecule has 6 aromatic heterocycles. The van der Waals surface area contributed by atoms with Gasteiger partial charge in [0.2, 0.25) is 11.8 Å². The van der Waals surface area contributed by atoms with E-state index >= 15 is 0 Å². The number of carbonyl (C=O) groups excluding carboxylic acids is 3. The van der Waals surface area contributed by atoms with E-state index in [4.69, 9.17) is 48.9 Å². The smallest absolute Gasteiger partial charge is 0.318 e. The lowest BCUT2D eigenvalue weighted by Gasteiger charge is -2.38. The van der Waals surface area contributed by atoms with Gasteiger partial charge in [-0.1, -0.05) is 12.7 Å². The summed E-state index contributed by atoms with van der Waals surface area (Å²) in [6.45, 7) is 33.7. The molecule has 6 fully saturated rings. The molecule has 714 valence electrons. The number of benzene rings is 3. The number of aromatic amines is 3. The summed E-state index contributed by atoms with van der Waals surface area (Å²) in [6.07, 6.45) is 15.4. The van der Waals surface area contributed by atoms with Gasteiger partial charge in [-0.25, -0.2) is 22.0 Å². The summed E-state index contributed by atoms with van der Waals surface area (Å²) in [7, 11) is 7.38. The number of hydrogen-bond acceptors (Lipinski definition) is 22. The average Bonchev–Trinajstić information content (AvgIpc) is 1.21. The number of piperazine rings is 3. The van der Waals surface area contributed by atoms with E-state index < -0.39 is 35.4 Å². The van der Waals surface area contributed by atoms with Crippen LogP contribution in [0.2, 0.25) is 0 Å². The zero-order chi connectivity index (χ0) is 91.1. The molecule has 3 N–H and O–H groups in total. The maximum Gasteiger partial charge on any atom is 0.318 e. The third-order valence-corrected chi connectivity index (χ3v) is 27.6. The van der Waals surface area contributed by atoms with Crippen molar-refractivity contribution in [2.24, 2.45) is 0 Å². The Morgan fingerprint density at radius 2 is 0.758 bits per heavy atom. The highest BCUT2D eigenvalue weighted by molar-refractivity contribution is 7.59. The van der Waals surface area contributed by atoms with Crippen molar-refractivity contribution in [3.8, 4) is 18.0 Å². The fraction of sp³-hybridized carbons (Fsp3) is 0.531. The molecule has 6 saturated heterocycles. The Hall–Kier alpha value is -10.1. The summed E-state index contributed by atoms with van der Waals surface area (Å²) in [4.78, 5) is 102. The molecule has 3 amide bonds. The van der Waals surface area contributed by atoms with Crippen molar-refractivity contribution >= 4 is 125 Å². The van der Waals surface area contributed by atoms with Crippen molar-refractivity contribution in [3.05, 3.63) is 159 Å². The Bertz CT molecular complexity index is 5710. The molecule has 132 heavy (non-hydrogen) atoms. The van der Waals surface area contributed by atoms with Crippen molar-refractivity contribution in [2.45, 2.75) is 156 Å². The number of amides is 3. The van der Waals surface area contributed by atoms with Gasteiger partial charge in [0.1, 0.15) is 61.0 Å². The number of H-pyrrole nitrogens is 3. The number of rotatable bonds is 21. The van der Waals surface area contributed by atoms with Crippen molar-refractivity contribution in [2.75, 3.05) is 209 Å². The molecule has 9 aliphatic heterocycles. The molecule has 3 unspecified atom stereocenters. The Morgan fingerprint density at radius 3 is 1.04 bits per heavy atom. The zero-order valence-corrected chi connectivity index (χ0v) is 81.4. The summed E-state index contributed by atoms with van der Waals surface area (Å²) in [5.74, 6) is 0.738. The van der Waals surface area contributed by atoms with E-state index in [9.17, 15) is 36.3 Å². The van der Waals surface area contributed by atoms with Gasteiger partial charge in [-0.2, -0.15) is 70.4 Å². The van der Waals surface area contributed by atoms with E-state index in [0.29, 0.717) is 176 Å². The summed E-state index contributed by atoms with van der Waals surface area (Å²) < 4.78 is 93.8. The van der Waals surface area contributed by atoms with Crippen LogP contribution in [0.1, 0.15) is 107 Å². The summed E-state index contributed by atoms with van der Waals surface area (Å²) >= 11 is 0. The highest BCUT2D eigenvalue weighted by Gasteiger charge is 2.44. The number of likely N-dealkylation sites (N-methyl/N-ethyl adjacent to an activating group) is 3. The van der Waals surface area contributed by atoms with Gasteiger partial charge in [-0.05, 0) is 179 Å². The van der Waals surface area contributed by atoms with Gasteiger partial charge in [0.15, 0.2) is 5.83 Å². The number of fused-ring (bicyclic) bond motifs is 6. The standard InChI is InChI=1S/C33H44FN7O3.C32H41F2N7O2.C31H39F2N7O2.3H2S/c1-22-17-27-25(8-10-35-27)30(23(22)2)41-11-9-26-28(19-41)36-32(44-20-24-18-33(3,34)21-38(24)4)37-31(26)40-14-12-39(13-15-40)29(42)7-6-16-43-5;1-21-16-26-24(7-10-35-26)29(22(21)2)41-11-8-25-27(18-41)36-31(43-19-23-17-32(3,34)20-38(23)4)37-30(25)40-14-12-39(13-15-40)28(42)6-5-9-33;1-19-14-25-23(6-8-34-25)27(20(19)2)40-9-7-24-26(16-40)35-30(42-17-22-15-31(4,33)18-37(22)5)36-28(24)38-10-12-39(13-11-38)29(41)21(3)32;;;/h6-8,10,17,24,35H,9,11-16,18-21H2,1-5H3;5-7,10,16,23,35H,8-9,11-15,17-20H2,1-4H3;6,8,14,22,34H,3,7,9-13,15-18H2,1-2,4-5H3;3*1H2/b7-6+;6-5+;;;;/t24-,33?;23-,32?;22-,31?;;;/m000.../s1. The number of halogens is 5. The molecule has 9 aromatic rings. The summed E-state index contributed by atoms with van der Waals surface area (Å²) in [5.41, 5.74) is 16.8. The molecule has 0 aliphatic carbocycles. The molecule has 15 heterocycles. The molecule has 18 rings (SSSR count). The first-order valence-electron chi connectivity index (χ1n) is 45.3. The van der Waals surface area contributed by atoms with Crippen LogP contribution in [0.4, 0.5) is 56.5 Å². The number of ether oxygens (including phenoxy) is 4. The normalized spacial score (nSPS) is 22.4. The predicted octanol–water partition coefficient (Wildman–Crippen LogP) is 12.3. The second kappa shape index (κ2) is 41.8. The maximum absolute atomic E-state index is 14.7. The van der Waals surface area contributed by atoms with Crippen LogP contribution in [0.25, 0.3) is 32.7 Å². The van der Waals surface area contributed by atoms with E-state index in [1.165, 1.54) is 83.7 Å². The number of methoxy groups -OCH3 is 1. The van der Waals surface area contributed by atoms with Gasteiger partial charge in [-0.15, -0.1) is 0 Å². The monoisotopic (exact) mass is 1880 g/mol. The number of likely N-dealkylation sites (tertiary alicyclic amines) is 3. The molecule has 0 spiro atoms. The second-order valence-electron chi connectivity index (χ2n) is 37.3. The Balaban J connectivity index is 0.000000166. The molecular weight excluding hydrogens is 1750 g/mol. The van der Waals surface area contributed by atoms with Crippen molar-refractivity contribution in [1.29, 1.82) is 0 Å². The van der Waals surface area contributed by atoms with E-state index in [1.807, 2.05) is 59.3 Å². The van der Waals surface area contributed by atoms with E-state index in [-0.39, 0.29) is 76.4 Å². The van der Waals surface area contributed by atoms with Gasteiger partial charge in [0.25, 0.3) is 5.91 Å². The predicted molar refractivity (Wildman–Crippen MR) is 526 cm³/mol. The first-order valence-corrected chi connectivity index (χ1v) is 45.3. The maximum atomic E-state index is 14.7.